The van der Waals surface area contributed by atoms with Gasteiger partial charge in [-0.05, 0) is 41.5 Å². The average molecular weight is 309 g/mol. The molecule has 0 nitrogen and oxygen atoms in total. The molecule has 0 aliphatic carbocycles. The van der Waals surface area contributed by atoms with Gasteiger partial charge in [0.25, 0.3) is 0 Å². The summed E-state index contributed by atoms with van der Waals surface area (Å²) in [5, 5.41) is 0. The Bertz CT molecular complexity index is 100. The van der Waals surface area contributed by atoms with Gasteiger partial charge in [0.1, 0.15) is 0 Å². The molecule has 0 saturated carbocycles. The number of hydrogen-bond acceptors (Lipinski definition) is 0. The van der Waals surface area contributed by atoms with Crippen LogP contribution >= 0.6 is 7.92 Å². The summed E-state index contributed by atoms with van der Waals surface area (Å²) < 4.78 is 0. The molecule has 0 bridgehead atoms. The Balaban J connectivity index is -0.000000267. The summed E-state index contributed by atoms with van der Waals surface area (Å²) in [5.74, 6) is 0. The molecule has 0 aromatic rings. The van der Waals surface area contributed by atoms with Crippen molar-refractivity contribution in [2.45, 2.75) is 58.5 Å². The van der Waals surface area contributed by atoms with Crippen LogP contribution in [0.25, 0.3) is 0 Å². The smallest absolute Gasteiger partial charge is 0.0624 e. The monoisotopic (exact) mass is 308 g/mol. The minimum absolute atomic E-state index is 0. The van der Waals surface area contributed by atoms with E-state index in [0.29, 0.717) is 0 Å². The Morgan fingerprint density at radius 2 is 1.07 bits per heavy atom. The predicted molar refractivity (Wildman–Crippen MR) is 69.3 cm³/mol. The summed E-state index contributed by atoms with van der Waals surface area (Å²) in [6.45, 7) is 20.7. The summed E-state index contributed by atoms with van der Waals surface area (Å²) in [7, 11) is -0.0957. The first kappa shape index (κ1) is 20.2. The number of allylic oxidation sites excluding steroid dienone is 1. The van der Waals surface area contributed by atoms with Gasteiger partial charge in [-0.1, -0.05) is 0 Å². The average Bonchev–Trinajstić information content (AvgIpc) is 1.84. The Hall–Kier alpha value is 0.702. The second kappa shape index (κ2) is 11.8. The Morgan fingerprint density at radius 3 is 1.07 bits per heavy atom. The number of hydrogen-bond donors (Lipinski definition) is 0. The van der Waals surface area contributed by atoms with Gasteiger partial charge >= 0.3 is 0 Å². The molecular formula is C12H27PPd. The Labute approximate surface area is 106 Å². The molecule has 0 fully saturated rings. The molecule has 0 aromatic heterocycles. The Morgan fingerprint density at radius 1 is 0.929 bits per heavy atom. The summed E-state index contributed by atoms with van der Waals surface area (Å²) in [4.78, 5) is 0. The van der Waals surface area contributed by atoms with Gasteiger partial charge in [-0.25, -0.2) is 19.6 Å². The van der Waals surface area contributed by atoms with E-state index in [1.165, 1.54) is 6.08 Å². The molecule has 0 aliphatic heterocycles. The normalized spacial score (nSPS) is 9.86. The molecule has 0 spiro atoms. The fourth-order valence-electron chi connectivity index (χ4n) is 2.00. The van der Waals surface area contributed by atoms with Gasteiger partial charge in [-0.2, -0.15) is 0 Å². The minimum atomic E-state index is -0.0957. The molecule has 0 N–H and O–H groups in total. The van der Waals surface area contributed by atoms with Crippen LogP contribution in [0.15, 0.2) is 12.7 Å². The van der Waals surface area contributed by atoms with Gasteiger partial charge in [0.2, 0.25) is 0 Å². The largest absolute Gasteiger partial charge is 0.245 e. The van der Waals surface area contributed by atoms with Crippen LogP contribution < -0.4 is 0 Å². The van der Waals surface area contributed by atoms with Crippen molar-refractivity contribution in [2.24, 2.45) is 0 Å². The molecule has 14 heavy (non-hydrogen) atoms. The second-order valence-electron chi connectivity index (χ2n) is 4.25. The molecule has 90 valence electrons. The van der Waals surface area contributed by atoms with E-state index < -0.39 is 0 Å². The maximum Gasteiger partial charge on any atom is 0.0624 e. The first-order valence-electron chi connectivity index (χ1n) is 5.15. The van der Waals surface area contributed by atoms with E-state index >= 15 is 0 Å². The van der Waals surface area contributed by atoms with Crippen molar-refractivity contribution in [3.8, 4) is 0 Å². The van der Waals surface area contributed by atoms with E-state index in [0.717, 1.165) is 17.0 Å². The van der Waals surface area contributed by atoms with Gasteiger partial charge in [-0.15, -0.1) is 0 Å². The fraction of sp³-hybridized carbons (Fsp3) is 0.750. The molecule has 0 unspecified atom stereocenters. The SMILES string of the molecule is C=C[CH2-].CC(C)[PH+](C(C)C)C(C)C.[Pd]. The van der Waals surface area contributed by atoms with Gasteiger partial charge in [0.05, 0.1) is 17.0 Å². The van der Waals surface area contributed by atoms with E-state index in [-0.39, 0.29) is 28.3 Å². The molecule has 0 aliphatic rings. The third kappa shape index (κ3) is 10.8. The predicted octanol–water partition coefficient (Wildman–Crippen LogP) is 4.43. The van der Waals surface area contributed by atoms with Crippen LogP contribution in [-0.4, -0.2) is 17.0 Å². The van der Waals surface area contributed by atoms with Crippen LogP contribution in [0.2, 0.25) is 0 Å². The van der Waals surface area contributed by atoms with Gasteiger partial charge in [0, 0.05) is 28.3 Å². The third-order valence-electron chi connectivity index (χ3n) is 2.00. The molecule has 0 heterocycles. The topological polar surface area (TPSA) is 0 Å². The van der Waals surface area contributed by atoms with Crippen molar-refractivity contribution in [1.82, 2.24) is 0 Å². The van der Waals surface area contributed by atoms with E-state index in [1.54, 1.807) is 0 Å². The van der Waals surface area contributed by atoms with Crippen LogP contribution in [0, 0.1) is 6.92 Å². The maximum absolute atomic E-state index is 3.25. The van der Waals surface area contributed by atoms with Crippen molar-refractivity contribution in [1.29, 1.82) is 0 Å². The van der Waals surface area contributed by atoms with E-state index in [4.69, 9.17) is 0 Å². The van der Waals surface area contributed by atoms with Gasteiger partial charge in [0.15, 0.2) is 0 Å². The van der Waals surface area contributed by atoms with Crippen molar-refractivity contribution in [3.63, 3.8) is 0 Å². The fourth-order valence-corrected chi connectivity index (χ4v) is 6.00. The summed E-state index contributed by atoms with van der Waals surface area (Å²) in [6.07, 6.45) is 1.50. The van der Waals surface area contributed by atoms with Gasteiger partial charge < -0.3 is 0 Å². The zero-order valence-corrected chi connectivity index (χ0v) is 13.1. The quantitative estimate of drug-likeness (QED) is 0.411. The van der Waals surface area contributed by atoms with Crippen molar-refractivity contribution in [2.75, 3.05) is 0 Å². The van der Waals surface area contributed by atoms with E-state index in [1.807, 2.05) is 0 Å². The summed E-state index contributed by atoms with van der Waals surface area (Å²) in [5.41, 5.74) is 2.81. The van der Waals surface area contributed by atoms with Crippen LogP contribution in [0.4, 0.5) is 0 Å². The molecule has 2 heteroatoms. The first-order valence-corrected chi connectivity index (χ1v) is 6.88. The Kier molecular flexibility index (Phi) is 17.0. The second-order valence-corrected chi connectivity index (χ2v) is 8.72. The standard InChI is InChI=1S/C9H21P.C3H5.Pd/c1-7(2)10(8(3)4)9(5)6;1-3-2;/h7-9H,1-6H3;3H,1-2H2;/q;-1;/p+1. The molecule has 0 amide bonds. The maximum atomic E-state index is 3.25. The van der Waals surface area contributed by atoms with Gasteiger partial charge in [-0.3, -0.25) is 0 Å². The van der Waals surface area contributed by atoms with E-state index in [9.17, 15) is 0 Å². The molecular weight excluding hydrogens is 282 g/mol. The molecule has 0 atom stereocenters. The van der Waals surface area contributed by atoms with Crippen molar-refractivity contribution < 1.29 is 20.4 Å². The van der Waals surface area contributed by atoms with Crippen LogP contribution in [0.1, 0.15) is 41.5 Å². The minimum Gasteiger partial charge on any atom is -0.245 e. The van der Waals surface area contributed by atoms with Crippen LogP contribution in [0.5, 0.6) is 0 Å². The van der Waals surface area contributed by atoms with Crippen molar-refractivity contribution in [3.05, 3.63) is 19.6 Å². The third-order valence-corrected chi connectivity index (χ3v) is 6.00. The number of rotatable bonds is 3. The molecule has 0 radical (unpaired) electrons. The van der Waals surface area contributed by atoms with Crippen LogP contribution in [-0.2, 0) is 20.4 Å². The zero-order valence-electron chi connectivity index (χ0n) is 10.5. The molecule has 0 rings (SSSR count). The molecule has 0 saturated heterocycles. The van der Waals surface area contributed by atoms with Crippen LogP contribution in [0.3, 0.4) is 0 Å². The van der Waals surface area contributed by atoms with Crippen molar-refractivity contribution >= 4 is 7.92 Å². The first-order chi connectivity index (χ1) is 5.88. The van der Waals surface area contributed by atoms with E-state index in [2.05, 4.69) is 55.0 Å². The molecule has 0 aromatic carbocycles. The summed E-state index contributed by atoms with van der Waals surface area (Å²) in [6, 6.07) is 0. The zero-order chi connectivity index (χ0) is 11.0. The summed E-state index contributed by atoms with van der Waals surface area (Å²) >= 11 is 0.